The van der Waals surface area contributed by atoms with E-state index in [9.17, 15) is 0 Å². The summed E-state index contributed by atoms with van der Waals surface area (Å²) in [7, 11) is 0. The van der Waals surface area contributed by atoms with Crippen LogP contribution in [0.1, 0.15) is 36.8 Å². The van der Waals surface area contributed by atoms with Crippen LogP contribution in [0.2, 0.25) is 0 Å². The predicted octanol–water partition coefficient (Wildman–Crippen LogP) is 1.23. The van der Waals surface area contributed by atoms with Crippen LogP contribution in [0.15, 0.2) is 0 Å². The van der Waals surface area contributed by atoms with Crippen molar-refractivity contribution in [2.45, 2.75) is 32.7 Å². The van der Waals surface area contributed by atoms with Gasteiger partial charge >= 0.3 is 0 Å². The van der Waals surface area contributed by atoms with Crippen molar-refractivity contribution in [2.75, 3.05) is 24.5 Å². The fourth-order valence-electron chi connectivity index (χ4n) is 2.86. The van der Waals surface area contributed by atoms with Crippen LogP contribution in [0.25, 0.3) is 0 Å². The summed E-state index contributed by atoms with van der Waals surface area (Å²) in [6.45, 7) is 6.13. The maximum atomic E-state index is 9.09. The lowest BCUT2D eigenvalue weighted by Gasteiger charge is -2.33. The average molecular weight is 257 g/mol. The van der Waals surface area contributed by atoms with E-state index < -0.39 is 0 Å². The molecule has 0 aliphatic carbocycles. The second-order valence-electron chi connectivity index (χ2n) is 5.50. The first-order valence-corrected chi connectivity index (χ1v) is 7.03. The third kappa shape index (κ3) is 2.41. The fourth-order valence-corrected chi connectivity index (χ4v) is 2.86. The Labute approximate surface area is 113 Å². The molecule has 0 unspecified atom stereocenters. The van der Waals surface area contributed by atoms with E-state index in [0.717, 1.165) is 50.0 Å². The molecule has 19 heavy (non-hydrogen) atoms. The number of nitriles is 1. The first-order chi connectivity index (χ1) is 9.28. The van der Waals surface area contributed by atoms with E-state index in [2.05, 4.69) is 33.2 Å². The molecular weight excluding hydrogens is 238 g/mol. The first-order valence-electron chi connectivity index (χ1n) is 7.03. The number of piperidine rings is 1. The molecule has 0 spiro atoms. The molecule has 3 rings (SSSR count). The highest BCUT2D eigenvalue weighted by Crippen LogP contribution is 2.27. The zero-order valence-corrected chi connectivity index (χ0v) is 11.3. The highest BCUT2D eigenvalue weighted by atomic mass is 15.2. The van der Waals surface area contributed by atoms with E-state index >= 15 is 0 Å². The van der Waals surface area contributed by atoms with Crippen LogP contribution in [0, 0.1) is 17.2 Å². The van der Waals surface area contributed by atoms with Crippen LogP contribution >= 0.6 is 0 Å². The maximum absolute atomic E-state index is 9.09. The minimum atomic E-state index is 0.314. The lowest BCUT2D eigenvalue weighted by Crippen LogP contribution is -2.36. The molecule has 5 nitrogen and oxygen atoms in total. The van der Waals surface area contributed by atoms with Gasteiger partial charge in [-0.25, -0.2) is 9.97 Å². The summed E-state index contributed by atoms with van der Waals surface area (Å²) in [6, 6.07) is 2.10. The summed E-state index contributed by atoms with van der Waals surface area (Å²) < 4.78 is 0. The molecule has 5 heteroatoms. The number of aromatic nitrogens is 2. The Morgan fingerprint density at radius 3 is 2.84 bits per heavy atom. The van der Waals surface area contributed by atoms with Gasteiger partial charge in [-0.15, -0.1) is 0 Å². The van der Waals surface area contributed by atoms with E-state index in [-0.39, 0.29) is 0 Å². The molecule has 0 radical (unpaired) electrons. The molecule has 0 bridgehead atoms. The summed E-state index contributed by atoms with van der Waals surface area (Å²) in [4.78, 5) is 11.2. The van der Waals surface area contributed by atoms with Gasteiger partial charge in [0.15, 0.2) is 0 Å². The molecule has 1 N–H and O–H groups in total. The Hall–Kier alpha value is -1.67. The second-order valence-corrected chi connectivity index (χ2v) is 5.50. The third-order valence-electron chi connectivity index (χ3n) is 4.09. The van der Waals surface area contributed by atoms with E-state index in [0.29, 0.717) is 5.82 Å². The first kappa shape index (κ1) is 12.4. The SMILES string of the molecule is CC1CCN(c2nc(C#N)nc3c2CNCC3)CC1. The minimum absolute atomic E-state index is 0.314. The van der Waals surface area contributed by atoms with E-state index in [1.807, 2.05) is 0 Å². The van der Waals surface area contributed by atoms with Gasteiger partial charge in [-0.2, -0.15) is 5.26 Å². The van der Waals surface area contributed by atoms with Crippen molar-refractivity contribution in [3.05, 3.63) is 17.1 Å². The molecule has 2 aliphatic heterocycles. The number of rotatable bonds is 1. The van der Waals surface area contributed by atoms with Crippen LogP contribution in [-0.2, 0) is 13.0 Å². The van der Waals surface area contributed by atoms with Gasteiger partial charge in [0.25, 0.3) is 0 Å². The van der Waals surface area contributed by atoms with Crippen LogP contribution < -0.4 is 10.2 Å². The molecule has 3 heterocycles. The van der Waals surface area contributed by atoms with Crippen LogP contribution in [-0.4, -0.2) is 29.6 Å². The number of nitrogens with zero attached hydrogens (tertiary/aromatic N) is 4. The van der Waals surface area contributed by atoms with E-state index in [1.165, 1.54) is 18.4 Å². The number of nitrogens with one attached hydrogen (secondary N) is 1. The topological polar surface area (TPSA) is 64.8 Å². The normalized spacial score (nSPS) is 19.9. The Bertz CT molecular complexity index is 511. The van der Waals surface area contributed by atoms with Gasteiger partial charge in [-0.3, -0.25) is 0 Å². The number of fused-ring (bicyclic) bond motifs is 1. The highest BCUT2D eigenvalue weighted by molar-refractivity contribution is 5.51. The van der Waals surface area contributed by atoms with Gasteiger partial charge in [-0.05, 0) is 18.8 Å². The van der Waals surface area contributed by atoms with E-state index in [4.69, 9.17) is 5.26 Å². The Balaban J connectivity index is 1.97. The van der Waals surface area contributed by atoms with Crippen molar-refractivity contribution in [3.63, 3.8) is 0 Å². The standard InChI is InChI=1S/C14H19N5/c1-10-3-6-19(7-4-10)14-11-9-16-5-2-12(11)17-13(8-15)18-14/h10,16H,2-7,9H2,1H3. The van der Waals surface area contributed by atoms with Crippen molar-refractivity contribution in [2.24, 2.45) is 5.92 Å². The van der Waals surface area contributed by atoms with Gasteiger partial charge in [0.2, 0.25) is 5.82 Å². The Kier molecular flexibility index (Phi) is 3.34. The lowest BCUT2D eigenvalue weighted by molar-refractivity contribution is 0.434. The maximum Gasteiger partial charge on any atom is 0.234 e. The van der Waals surface area contributed by atoms with Crippen molar-refractivity contribution < 1.29 is 0 Å². The summed E-state index contributed by atoms with van der Waals surface area (Å²) >= 11 is 0. The predicted molar refractivity (Wildman–Crippen MR) is 72.8 cm³/mol. The second kappa shape index (κ2) is 5.14. The van der Waals surface area contributed by atoms with Gasteiger partial charge in [0.1, 0.15) is 11.9 Å². The van der Waals surface area contributed by atoms with Crippen LogP contribution in [0.4, 0.5) is 5.82 Å². The quantitative estimate of drug-likeness (QED) is 0.819. The van der Waals surface area contributed by atoms with Crippen LogP contribution in [0.3, 0.4) is 0 Å². The van der Waals surface area contributed by atoms with Crippen molar-refractivity contribution >= 4 is 5.82 Å². The molecule has 1 aromatic heterocycles. The molecule has 1 aromatic rings. The Morgan fingerprint density at radius 1 is 1.32 bits per heavy atom. The average Bonchev–Trinajstić information content (AvgIpc) is 2.47. The largest absolute Gasteiger partial charge is 0.356 e. The molecule has 0 atom stereocenters. The molecule has 0 aromatic carbocycles. The molecular formula is C14H19N5. The van der Waals surface area contributed by atoms with Crippen molar-refractivity contribution in [3.8, 4) is 6.07 Å². The monoisotopic (exact) mass is 257 g/mol. The molecule has 0 amide bonds. The molecule has 2 aliphatic rings. The summed E-state index contributed by atoms with van der Waals surface area (Å²) in [5.74, 6) is 2.09. The van der Waals surface area contributed by atoms with E-state index in [1.54, 1.807) is 0 Å². The van der Waals surface area contributed by atoms with Gasteiger partial charge in [-0.1, -0.05) is 6.92 Å². The van der Waals surface area contributed by atoms with Gasteiger partial charge in [0, 0.05) is 38.2 Å². The number of hydrogen-bond acceptors (Lipinski definition) is 5. The Morgan fingerprint density at radius 2 is 2.11 bits per heavy atom. The summed E-state index contributed by atoms with van der Waals surface area (Å²) in [6.07, 6.45) is 3.30. The van der Waals surface area contributed by atoms with Gasteiger partial charge < -0.3 is 10.2 Å². The van der Waals surface area contributed by atoms with Gasteiger partial charge in [0.05, 0.1) is 5.69 Å². The summed E-state index contributed by atoms with van der Waals surface area (Å²) in [5.41, 5.74) is 2.25. The van der Waals surface area contributed by atoms with Crippen molar-refractivity contribution in [1.82, 2.24) is 15.3 Å². The molecule has 1 fully saturated rings. The summed E-state index contributed by atoms with van der Waals surface area (Å²) in [5, 5.41) is 12.5. The number of hydrogen-bond donors (Lipinski definition) is 1. The number of anilines is 1. The fraction of sp³-hybridized carbons (Fsp3) is 0.643. The molecule has 100 valence electrons. The minimum Gasteiger partial charge on any atom is -0.356 e. The smallest absolute Gasteiger partial charge is 0.234 e. The zero-order valence-electron chi connectivity index (χ0n) is 11.3. The highest BCUT2D eigenvalue weighted by Gasteiger charge is 2.24. The van der Waals surface area contributed by atoms with Crippen LogP contribution in [0.5, 0.6) is 0 Å². The third-order valence-corrected chi connectivity index (χ3v) is 4.09. The zero-order chi connectivity index (χ0) is 13.2. The molecule has 1 saturated heterocycles. The molecule has 0 saturated carbocycles. The lowest BCUT2D eigenvalue weighted by atomic mass is 9.98. The van der Waals surface area contributed by atoms with Crippen molar-refractivity contribution in [1.29, 1.82) is 5.26 Å².